The zero-order chi connectivity index (χ0) is 18.7. The number of nitrogens with one attached hydrogen (secondary N) is 2. The number of ether oxygens (including phenoxy) is 1. The second-order valence-electron chi connectivity index (χ2n) is 6.75. The third kappa shape index (κ3) is 3.77. The molecule has 1 fully saturated rings. The van der Waals surface area contributed by atoms with Crippen molar-refractivity contribution >= 4 is 17.7 Å². The van der Waals surface area contributed by atoms with Crippen LogP contribution in [0.15, 0.2) is 18.2 Å². The van der Waals surface area contributed by atoms with Crippen molar-refractivity contribution in [2.75, 3.05) is 53.5 Å². The van der Waals surface area contributed by atoms with E-state index < -0.39 is 0 Å². The Morgan fingerprint density at radius 3 is 2.58 bits per heavy atom. The van der Waals surface area contributed by atoms with Crippen LogP contribution >= 0.6 is 0 Å². The lowest BCUT2D eigenvalue weighted by Gasteiger charge is -2.30. The Morgan fingerprint density at radius 1 is 1.19 bits per heavy atom. The average Bonchev–Trinajstić information content (AvgIpc) is 2.88. The molecule has 8 heteroatoms. The Kier molecular flexibility index (Phi) is 5.65. The molecule has 2 N–H and O–H groups in total. The number of piperazine rings is 1. The van der Waals surface area contributed by atoms with Crippen molar-refractivity contribution in [2.45, 2.75) is 6.42 Å². The summed E-state index contributed by atoms with van der Waals surface area (Å²) in [6.07, 6.45) is 0.584. The first-order valence-electron chi connectivity index (χ1n) is 8.87. The molecule has 3 rings (SSSR count). The molecular weight excluding hydrogens is 336 g/mol. The van der Waals surface area contributed by atoms with Gasteiger partial charge in [0.25, 0.3) is 17.7 Å². The number of amides is 3. The second-order valence-corrected chi connectivity index (χ2v) is 6.75. The first-order chi connectivity index (χ1) is 12.5. The molecule has 0 saturated carbocycles. The first kappa shape index (κ1) is 18.5. The summed E-state index contributed by atoms with van der Waals surface area (Å²) in [6, 6.07) is 4.68. The van der Waals surface area contributed by atoms with Gasteiger partial charge < -0.3 is 9.64 Å². The van der Waals surface area contributed by atoms with Gasteiger partial charge in [0, 0.05) is 25.8 Å². The molecule has 1 aromatic carbocycles. The number of quaternary nitrogens is 1. The van der Waals surface area contributed by atoms with Crippen LogP contribution in [0.4, 0.5) is 0 Å². The maximum Gasteiger partial charge on any atom is 0.265 e. The van der Waals surface area contributed by atoms with E-state index in [1.807, 2.05) is 5.01 Å². The molecule has 2 aliphatic rings. The van der Waals surface area contributed by atoms with E-state index in [-0.39, 0.29) is 17.7 Å². The first-order valence-corrected chi connectivity index (χ1v) is 8.87. The number of imide groups is 1. The molecule has 140 valence electrons. The number of rotatable bonds is 6. The van der Waals surface area contributed by atoms with E-state index in [2.05, 4.69) is 12.5 Å². The summed E-state index contributed by atoms with van der Waals surface area (Å²) in [6.45, 7) is 4.29. The van der Waals surface area contributed by atoms with Crippen molar-refractivity contribution < 1.29 is 24.0 Å². The third-order valence-corrected chi connectivity index (χ3v) is 4.84. The summed E-state index contributed by atoms with van der Waals surface area (Å²) in [5.74, 6) is -0.917. The Hall–Kier alpha value is -2.29. The van der Waals surface area contributed by atoms with Crippen LogP contribution in [0.5, 0.6) is 0 Å². The summed E-state index contributed by atoms with van der Waals surface area (Å²) >= 11 is 0. The van der Waals surface area contributed by atoms with E-state index in [0.29, 0.717) is 36.3 Å². The number of hydrazine groups is 1. The van der Waals surface area contributed by atoms with Crippen LogP contribution in [-0.2, 0) is 4.74 Å². The maximum atomic E-state index is 12.5. The molecule has 3 amide bonds. The standard InChI is InChI=1S/C18H24N4O4/c1-20-7-9-21(10-8-20)19-16(23)13-4-5-14-15(12-13)18(25)22(17(14)24)6-3-11-26-2/h4-5,12H,3,6-11H2,1-2H3,(H,19,23)/p+1. The van der Waals surface area contributed by atoms with Gasteiger partial charge >= 0.3 is 0 Å². The Morgan fingerprint density at radius 2 is 1.88 bits per heavy atom. The number of carbonyl (C=O) groups excluding carboxylic acids is 3. The van der Waals surface area contributed by atoms with E-state index in [4.69, 9.17) is 4.74 Å². The highest BCUT2D eigenvalue weighted by Gasteiger charge is 2.35. The molecule has 1 saturated heterocycles. The maximum absolute atomic E-state index is 12.5. The molecule has 0 aromatic heterocycles. The summed E-state index contributed by atoms with van der Waals surface area (Å²) in [5, 5.41) is 1.90. The van der Waals surface area contributed by atoms with Crippen LogP contribution in [-0.4, -0.2) is 81.1 Å². The van der Waals surface area contributed by atoms with Crippen LogP contribution in [0.3, 0.4) is 0 Å². The lowest BCUT2D eigenvalue weighted by molar-refractivity contribution is -0.884. The van der Waals surface area contributed by atoms with E-state index in [0.717, 1.165) is 26.2 Å². The van der Waals surface area contributed by atoms with Gasteiger partial charge in [0.15, 0.2) is 0 Å². The van der Waals surface area contributed by atoms with Crippen LogP contribution in [0.1, 0.15) is 37.5 Å². The van der Waals surface area contributed by atoms with Gasteiger partial charge in [-0.05, 0) is 24.6 Å². The fraction of sp³-hybridized carbons (Fsp3) is 0.500. The van der Waals surface area contributed by atoms with E-state index in [9.17, 15) is 14.4 Å². The van der Waals surface area contributed by atoms with Crippen molar-refractivity contribution in [3.8, 4) is 0 Å². The fourth-order valence-corrected chi connectivity index (χ4v) is 3.21. The van der Waals surface area contributed by atoms with Gasteiger partial charge in [0.1, 0.15) is 0 Å². The number of methoxy groups -OCH3 is 1. The zero-order valence-electron chi connectivity index (χ0n) is 15.2. The van der Waals surface area contributed by atoms with E-state index >= 15 is 0 Å². The molecule has 2 heterocycles. The predicted molar refractivity (Wildman–Crippen MR) is 94.0 cm³/mol. The Balaban J connectivity index is 1.69. The van der Waals surface area contributed by atoms with Gasteiger partial charge in [-0.2, -0.15) is 0 Å². The minimum Gasteiger partial charge on any atom is -0.385 e. The molecule has 0 atom stereocenters. The zero-order valence-corrected chi connectivity index (χ0v) is 15.2. The fourth-order valence-electron chi connectivity index (χ4n) is 3.21. The SMILES string of the molecule is COCCCN1C(=O)c2ccc(C(=O)NN3CC[NH+](C)CC3)cc2C1=O. The molecule has 0 unspecified atom stereocenters. The molecule has 0 spiro atoms. The molecule has 1 aromatic rings. The van der Waals surface area contributed by atoms with Crippen LogP contribution in [0.25, 0.3) is 0 Å². The average molecular weight is 361 g/mol. The van der Waals surface area contributed by atoms with Crippen molar-refractivity contribution in [1.29, 1.82) is 0 Å². The Labute approximate surface area is 152 Å². The third-order valence-electron chi connectivity index (χ3n) is 4.84. The van der Waals surface area contributed by atoms with Gasteiger partial charge in [-0.1, -0.05) is 0 Å². The lowest BCUT2D eigenvalue weighted by Crippen LogP contribution is -3.12. The smallest absolute Gasteiger partial charge is 0.265 e. The highest BCUT2D eigenvalue weighted by atomic mass is 16.5. The number of nitrogens with zero attached hydrogens (tertiary/aromatic N) is 2. The quantitative estimate of drug-likeness (QED) is 0.491. The molecular formula is C18H25N4O4+. The van der Waals surface area contributed by atoms with Gasteiger partial charge in [0.05, 0.1) is 44.4 Å². The molecule has 0 bridgehead atoms. The van der Waals surface area contributed by atoms with Crippen molar-refractivity contribution in [3.63, 3.8) is 0 Å². The number of likely N-dealkylation sites (N-methyl/N-ethyl adjacent to an activating group) is 1. The predicted octanol–water partition coefficient (Wildman–Crippen LogP) is -1.21. The largest absolute Gasteiger partial charge is 0.385 e. The van der Waals surface area contributed by atoms with Crippen molar-refractivity contribution in [2.24, 2.45) is 0 Å². The van der Waals surface area contributed by atoms with Gasteiger partial charge in [-0.3, -0.25) is 24.7 Å². The lowest BCUT2D eigenvalue weighted by atomic mass is 10.1. The summed E-state index contributed by atoms with van der Waals surface area (Å²) < 4.78 is 4.97. The number of hydrogen-bond donors (Lipinski definition) is 2. The van der Waals surface area contributed by atoms with Crippen molar-refractivity contribution in [3.05, 3.63) is 34.9 Å². The Bertz CT molecular complexity index is 713. The van der Waals surface area contributed by atoms with Gasteiger partial charge in [-0.15, -0.1) is 0 Å². The minimum atomic E-state index is -0.348. The molecule has 0 aliphatic carbocycles. The normalized spacial score (nSPS) is 18.3. The molecule has 0 radical (unpaired) electrons. The molecule has 2 aliphatic heterocycles. The van der Waals surface area contributed by atoms with E-state index in [1.165, 1.54) is 15.9 Å². The second kappa shape index (κ2) is 7.94. The topological polar surface area (TPSA) is 83.4 Å². The highest BCUT2D eigenvalue weighted by molar-refractivity contribution is 6.22. The molecule has 26 heavy (non-hydrogen) atoms. The van der Waals surface area contributed by atoms with E-state index in [1.54, 1.807) is 19.2 Å². The number of benzene rings is 1. The van der Waals surface area contributed by atoms with Crippen LogP contribution in [0, 0.1) is 0 Å². The minimum absolute atomic E-state index is 0.259. The molecule has 8 nitrogen and oxygen atoms in total. The van der Waals surface area contributed by atoms with Crippen LogP contribution < -0.4 is 10.3 Å². The summed E-state index contributed by atoms with van der Waals surface area (Å²) in [5.41, 5.74) is 3.91. The monoisotopic (exact) mass is 361 g/mol. The van der Waals surface area contributed by atoms with Gasteiger partial charge in [0.2, 0.25) is 0 Å². The number of fused-ring (bicyclic) bond motifs is 1. The van der Waals surface area contributed by atoms with Crippen LogP contribution in [0.2, 0.25) is 0 Å². The van der Waals surface area contributed by atoms with Crippen molar-refractivity contribution in [1.82, 2.24) is 15.3 Å². The summed E-state index contributed by atoms with van der Waals surface area (Å²) in [4.78, 5) is 40.0. The summed E-state index contributed by atoms with van der Waals surface area (Å²) in [7, 11) is 3.70. The number of hydrogen-bond acceptors (Lipinski definition) is 5. The van der Waals surface area contributed by atoms with Gasteiger partial charge in [-0.25, -0.2) is 5.01 Å². The highest BCUT2D eigenvalue weighted by Crippen LogP contribution is 2.24. The number of carbonyl (C=O) groups is 3.